The van der Waals surface area contributed by atoms with Crippen LogP contribution < -0.4 is 0 Å². The molecule has 0 aliphatic heterocycles. The van der Waals surface area contributed by atoms with Crippen molar-refractivity contribution in [3.8, 4) is 11.8 Å². The Labute approximate surface area is 130 Å². The zero-order valence-electron chi connectivity index (χ0n) is 14.1. The predicted molar refractivity (Wildman–Crippen MR) is 87.7 cm³/mol. The Balaban J connectivity index is 1.79. The molecular weight excluding hydrogens is 256 g/mol. The van der Waals surface area contributed by atoms with Crippen molar-refractivity contribution in [2.75, 3.05) is 0 Å². The Morgan fingerprint density at radius 3 is 2.62 bits per heavy atom. The highest BCUT2D eigenvalue weighted by Crippen LogP contribution is 2.66. The van der Waals surface area contributed by atoms with Crippen LogP contribution in [0.1, 0.15) is 72.6 Å². The molecule has 1 unspecified atom stereocenters. The molecule has 116 valence electrons. The summed E-state index contributed by atoms with van der Waals surface area (Å²) in [5.41, 5.74) is 2.37. The lowest BCUT2D eigenvalue weighted by molar-refractivity contribution is 0.00690. The number of aliphatic hydroxyl groups is 1. The smallest absolute Gasteiger partial charge is 0.0579 e. The first-order valence-corrected chi connectivity index (χ1v) is 8.66. The fraction of sp³-hybridized carbons (Fsp3) is 0.800. The Morgan fingerprint density at radius 1 is 1.29 bits per heavy atom. The standard InChI is InChI=1S/C20H30O/c1-18(2,3)10-6-12-20(13-14-20)17-9-8-15-16(21)7-5-11-19(15,17)4/h9,15-16,21H,5,7-8,11-14H2,1-4H3/t15?,16-,19-/m0/s1. The third-order valence-electron chi connectivity index (χ3n) is 5.99. The normalized spacial score (nSPS) is 37.3. The van der Waals surface area contributed by atoms with Crippen LogP contribution in [0.5, 0.6) is 0 Å². The van der Waals surface area contributed by atoms with Crippen LogP contribution >= 0.6 is 0 Å². The van der Waals surface area contributed by atoms with Crippen LogP contribution in [0.4, 0.5) is 0 Å². The topological polar surface area (TPSA) is 20.2 Å². The van der Waals surface area contributed by atoms with Gasteiger partial charge in [0, 0.05) is 17.3 Å². The lowest BCUT2D eigenvalue weighted by Gasteiger charge is -2.44. The summed E-state index contributed by atoms with van der Waals surface area (Å²) in [6.45, 7) is 8.96. The molecular formula is C20H30O. The van der Waals surface area contributed by atoms with Crippen LogP contribution in [-0.2, 0) is 0 Å². The summed E-state index contributed by atoms with van der Waals surface area (Å²) in [4.78, 5) is 0. The first-order valence-electron chi connectivity index (χ1n) is 8.66. The van der Waals surface area contributed by atoms with E-state index in [4.69, 9.17) is 0 Å². The van der Waals surface area contributed by atoms with Gasteiger partial charge in [-0.3, -0.25) is 0 Å². The first-order chi connectivity index (χ1) is 9.77. The Kier molecular flexibility index (Phi) is 3.53. The van der Waals surface area contributed by atoms with Gasteiger partial charge in [-0.2, -0.15) is 0 Å². The van der Waals surface area contributed by atoms with Crippen molar-refractivity contribution in [2.45, 2.75) is 78.7 Å². The van der Waals surface area contributed by atoms with Crippen LogP contribution in [0.2, 0.25) is 0 Å². The Hall–Kier alpha value is -0.740. The number of rotatable bonds is 2. The van der Waals surface area contributed by atoms with Gasteiger partial charge in [0.2, 0.25) is 0 Å². The maximum absolute atomic E-state index is 10.4. The molecule has 0 radical (unpaired) electrons. The summed E-state index contributed by atoms with van der Waals surface area (Å²) < 4.78 is 0. The second kappa shape index (κ2) is 4.88. The van der Waals surface area contributed by atoms with Gasteiger partial charge in [0.05, 0.1) is 6.10 Å². The molecule has 0 heterocycles. The average Bonchev–Trinajstić information content (AvgIpc) is 3.03. The number of hydrogen-bond acceptors (Lipinski definition) is 1. The van der Waals surface area contributed by atoms with E-state index < -0.39 is 0 Å². The molecule has 0 amide bonds. The molecule has 1 nitrogen and oxygen atoms in total. The van der Waals surface area contributed by atoms with Crippen molar-refractivity contribution in [3.63, 3.8) is 0 Å². The van der Waals surface area contributed by atoms with E-state index in [9.17, 15) is 5.11 Å². The molecule has 0 bridgehead atoms. The molecule has 0 aromatic heterocycles. The summed E-state index contributed by atoms with van der Waals surface area (Å²) in [5, 5.41) is 10.4. The molecule has 21 heavy (non-hydrogen) atoms. The number of hydrogen-bond donors (Lipinski definition) is 1. The molecule has 1 N–H and O–H groups in total. The van der Waals surface area contributed by atoms with E-state index in [1.165, 1.54) is 25.7 Å². The maximum atomic E-state index is 10.4. The molecule has 0 saturated heterocycles. The summed E-state index contributed by atoms with van der Waals surface area (Å²) >= 11 is 0. The monoisotopic (exact) mass is 286 g/mol. The Morgan fingerprint density at radius 2 is 2.00 bits per heavy atom. The van der Waals surface area contributed by atoms with E-state index in [0.29, 0.717) is 11.3 Å². The lowest BCUT2D eigenvalue weighted by Crippen LogP contribution is -2.40. The van der Waals surface area contributed by atoms with Gasteiger partial charge in [-0.25, -0.2) is 0 Å². The second-order valence-corrected chi connectivity index (χ2v) is 8.85. The highest BCUT2D eigenvalue weighted by molar-refractivity contribution is 5.36. The molecule has 3 atom stereocenters. The van der Waals surface area contributed by atoms with Crippen molar-refractivity contribution in [3.05, 3.63) is 11.6 Å². The van der Waals surface area contributed by atoms with Crippen molar-refractivity contribution in [1.29, 1.82) is 0 Å². The van der Waals surface area contributed by atoms with E-state index in [1.54, 1.807) is 5.57 Å². The van der Waals surface area contributed by atoms with Gasteiger partial charge in [0.25, 0.3) is 0 Å². The van der Waals surface area contributed by atoms with Crippen LogP contribution in [0.15, 0.2) is 11.6 Å². The van der Waals surface area contributed by atoms with Crippen molar-refractivity contribution < 1.29 is 5.11 Å². The molecule has 1 heteroatoms. The van der Waals surface area contributed by atoms with Crippen LogP contribution in [-0.4, -0.2) is 11.2 Å². The minimum atomic E-state index is -0.0889. The molecule has 2 saturated carbocycles. The van der Waals surface area contributed by atoms with E-state index in [1.807, 2.05) is 0 Å². The molecule has 2 fully saturated rings. The van der Waals surface area contributed by atoms with Gasteiger partial charge in [0.1, 0.15) is 0 Å². The molecule has 0 spiro atoms. The van der Waals surface area contributed by atoms with E-state index in [-0.39, 0.29) is 16.9 Å². The summed E-state index contributed by atoms with van der Waals surface area (Å²) in [6, 6.07) is 0. The zero-order valence-corrected chi connectivity index (χ0v) is 14.1. The number of allylic oxidation sites excluding steroid dienone is 2. The lowest BCUT2D eigenvalue weighted by atomic mass is 9.62. The second-order valence-electron chi connectivity index (χ2n) is 8.85. The first kappa shape index (κ1) is 15.2. The van der Waals surface area contributed by atoms with E-state index in [2.05, 4.69) is 45.6 Å². The fourth-order valence-electron chi connectivity index (χ4n) is 4.71. The number of aliphatic hydroxyl groups excluding tert-OH is 1. The van der Waals surface area contributed by atoms with E-state index >= 15 is 0 Å². The third kappa shape index (κ3) is 2.68. The predicted octanol–water partition coefficient (Wildman–Crippen LogP) is 4.70. The summed E-state index contributed by atoms with van der Waals surface area (Å²) in [6.07, 6.45) is 10.5. The summed E-state index contributed by atoms with van der Waals surface area (Å²) in [7, 11) is 0. The van der Waals surface area contributed by atoms with Crippen molar-refractivity contribution in [2.24, 2.45) is 22.2 Å². The zero-order chi connectivity index (χ0) is 15.3. The van der Waals surface area contributed by atoms with Gasteiger partial charge in [0.15, 0.2) is 0 Å². The van der Waals surface area contributed by atoms with E-state index in [0.717, 1.165) is 19.3 Å². The molecule has 0 aromatic carbocycles. The molecule has 3 aliphatic carbocycles. The molecule has 3 rings (SSSR count). The fourth-order valence-corrected chi connectivity index (χ4v) is 4.71. The van der Waals surface area contributed by atoms with Crippen LogP contribution in [0, 0.1) is 34.0 Å². The summed E-state index contributed by atoms with van der Waals surface area (Å²) in [5.74, 6) is 7.35. The SMILES string of the molecule is CC(C)(C)C#CCC1(C2=CCC3[C@@H](O)CCC[C@]23C)CC1. The Bertz CT molecular complexity index is 506. The van der Waals surface area contributed by atoms with Gasteiger partial charge >= 0.3 is 0 Å². The van der Waals surface area contributed by atoms with Crippen molar-refractivity contribution >= 4 is 0 Å². The van der Waals surface area contributed by atoms with Crippen LogP contribution in [0.25, 0.3) is 0 Å². The average molecular weight is 286 g/mol. The minimum absolute atomic E-state index is 0.0889. The highest BCUT2D eigenvalue weighted by Gasteiger charge is 2.57. The minimum Gasteiger partial charge on any atom is -0.393 e. The van der Waals surface area contributed by atoms with Gasteiger partial charge in [-0.1, -0.05) is 24.5 Å². The molecule has 0 aromatic rings. The quantitative estimate of drug-likeness (QED) is 0.576. The van der Waals surface area contributed by atoms with Gasteiger partial charge < -0.3 is 5.11 Å². The van der Waals surface area contributed by atoms with Crippen molar-refractivity contribution in [1.82, 2.24) is 0 Å². The number of fused-ring (bicyclic) bond motifs is 1. The molecule has 3 aliphatic rings. The van der Waals surface area contributed by atoms with Gasteiger partial charge in [-0.05, 0) is 70.6 Å². The largest absolute Gasteiger partial charge is 0.393 e. The highest BCUT2D eigenvalue weighted by atomic mass is 16.3. The van der Waals surface area contributed by atoms with Crippen LogP contribution in [0.3, 0.4) is 0 Å². The third-order valence-corrected chi connectivity index (χ3v) is 5.99. The maximum Gasteiger partial charge on any atom is 0.0579 e. The van der Waals surface area contributed by atoms with Gasteiger partial charge in [-0.15, -0.1) is 5.92 Å².